The lowest BCUT2D eigenvalue weighted by molar-refractivity contribution is -0.142. The molecule has 1 aromatic rings. The highest BCUT2D eigenvalue weighted by molar-refractivity contribution is 5.93. The van der Waals surface area contributed by atoms with Crippen LogP contribution in [0.5, 0.6) is 0 Å². The number of ether oxygens (including phenoxy) is 2. The Morgan fingerprint density at radius 1 is 1.19 bits per heavy atom. The lowest BCUT2D eigenvalue weighted by Crippen LogP contribution is -2.25. The Labute approximate surface area is 93.1 Å². The van der Waals surface area contributed by atoms with Crippen LogP contribution in [0, 0.1) is 0 Å². The van der Waals surface area contributed by atoms with Crippen molar-refractivity contribution in [3.05, 3.63) is 35.4 Å². The van der Waals surface area contributed by atoms with Crippen LogP contribution >= 0.6 is 0 Å². The van der Waals surface area contributed by atoms with E-state index in [0.717, 1.165) is 0 Å². The Hall–Kier alpha value is -1.88. The molecule has 2 N–H and O–H groups in total. The van der Waals surface area contributed by atoms with Crippen LogP contribution in [0.15, 0.2) is 24.3 Å². The van der Waals surface area contributed by atoms with Crippen LogP contribution in [-0.4, -0.2) is 26.2 Å². The Kier molecular flexibility index (Phi) is 4.02. The SMILES string of the molecule is COC(=O)c1ccccc1C(N)C(=O)OC. The normalized spacial score (nSPS) is 11.7. The first-order valence-electron chi connectivity index (χ1n) is 4.62. The first-order chi connectivity index (χ1) is 7.61. The molecule has 1 aromatic carbocycles. The minimum atomic E-state index is -0.986. The zero-order valence-corrected chi connectivity index (χ0v) is 9.10. The third kappa shape index (κ3) is 2.38. The molecular weight excluding hydrogens is 210 g/mol. The average Bonchev–Trinajstić information content (AvgIpc) is 2.35. The molecule has 0 aliphatic heterocycles. The maximum absolute atomic E-state index is 11.4. The Bertz CT molecular complexity index is 403. The van der Waals surface area contributed by atoms with E-state index in [9.17, 15) is 9.59 Å². The summed E-state index contributed by atoms with van der Waals surface area (Å²) in [4.78, 5) is 22.7. The minimum absolute atomic E-state index is 0.267. The number of rotatable bonds is 3. The highest BCUT2D eigenvalue weighted by Gasteiger charge is 2.22. The zero-order chi connectivity index (χ0) is 12.1. The van der Waals surface area contributed by atoms with E-state index in [-0.39, 0.29) is 5.56 Å². The quantitative estimate of drug-likeness (QED) is 0.761. The fourth-order valence-corrected chi connectivity index (χ4v) is 1.32. The van der Waals surface area contributed by atoms with Crippen LogP contribution in [-0.2, 0) is 14.3 Å². The molecule has 0 saturated carbocycles. The van der Waals surface area contributed by atoms with E-state index in [1.807, 2.05) is 0 Å². The molecule has 0 radical (unpaired) electrons. The molecule has 0 saturated heterocycles. The van der Waals surface area contributed by atoms with Crippen molar-refractivity contribution in [1.82, 2.24) is 0 Å². The summed E-state index contributed by atoms with van der Waals surface area (Å²) >= 11 is 0. The highest BCUT2D eigenvalue weighted by Crippen LogP contribution is 2.17. The molecule has 5 heteroatoms. The molecule has 0 fully saturated rings. The van der Waals surface area contributed by atoms with Crippen molar-refractivity contribution < 1.29 is 19.1 Å². The smallest absolute Gasteiger partial charge is 0.338 e. The van der Waals surface area contributed by atoms with Crippen LogP contribution < -0.4 is 5.73 Å². The average molecular weight is 223 g/mol. The topological polar surface area (TPSA) is 78.6 Å². The largest absolute Gasteiger partial charge is 0.468 e. The molecule has 1 atom stereocenters. The third-order valence-electron chi connectivity index (χ3n) is 2.16. The van der Waals surface area contributed by atoms with Gasteiger partial charge in [-0.05, 0) is 11.6 Å². The van der Waals surface area contributed by atoms with Crippen molar-refractivity contribution in [2.45, 2.75) is 6.04 Å². The van der Waals surface area contributed by atoms with Crippen LogP contribution in [0.3, 0.4) is 0 Å². The van der Waals surface area contributed by atoms with E-state index >= 15 is 0 Å². The van der Waals surface area contributed by atoms with Crippen molar-refractivity contribution in [3.63, 3.8) is 0 Å². The molecule has 1 unspecified atom stereocenters. The van der Waals surface area contributed by atoms with E-state index < -0.39 is 18.0 Å². The van der Waals surface area contributed by atoms with Gasteiger partial charge in [0.15, 0.2) is 0 Å². The molecule has 0 aliphatic rings. The number of nitrogens with two attached hydrogens (primary N) is 1. The zero-order valence-electron chi connectivity index (χ0n) is 9.10. The molecule has 0 bridgehead atoms. The Morgan fingerprint density at radius 2 is 1.81 bits per heavy atom. The van der Waals surface area contributed by atoms with Crippen molar-refractivity contribution in [1.29, 1.82) is 0 Å². The van der Waals surface area contributed by atoms with Gasteiger partial charge in [-0.25, -0.2) is 4.79 Å². The van der Waals surface area contributed by atoms with Crippen molar-refractivity contribution in [2.24, 2.45) is 5.73 Å². The van der Waals surface area contributed by atoms with Gasteiger partial charge in [0.1, 0.15) is 6.04 Å². The second-order valence-corrected chi connectivity index (χ2v) is 3.08. The van der Waals surface area contributed by atoms with E-state index in [1.165, 1.54) is 14.2 Å². The van der Waals surface area contributed by atoms with Gasteiger partial charge >= 0.3 is 11.9 Å². The third-order valence-corrected chi connectivity index (χ3v) is 2.16. The standard InChI is InChI=1S/C11H13NO4/c1-15-10(13)8-6-4-3-5-7(8)9(12)11(14)16-2/h3-6,9H,12H2,1-2H3. The summed E-state index contributed by atoms with van der Waals surface area (Å²) in [7, 11) is 2.51. The molecule has 86 valence electrons. The number of hydrogen-bond donors (Lipinski definition) is 1. The summed E-state index contributed by atoms with van der Waals surface area (Å²) < 4.78 is 9.11. The summed E-state index contributed by atoms with van der Waals surface area (Å²) in [6.45, 7) is 0. The fourth-order valence-electron chi connectivity index (χ4n) is 1.32. The second-order valence-electron chi connectivity index (χ2n) is 3.08. The molecule has 0 spiro atoms. The molecule has 5 nitrogen and oxygen atoms in total. The van der Waals surface area contributed by atoms with Crippen LogP contribution in [0.4, 0.5) is 0 Å². The van der Waals surface area contributed by atoms with Gasteiger partial charge in [0, 0.05) is 0 Å². The number of esters is 2. The molecular formula is C11H13NO4. The minimum Gasteiger partial charge on any atom is -0.468 e. The predicted molar refractivity (Wildman–Crippen MR) is 56.7 cm³/mol. The van der Waals surface area contributed by atoms with Gasteiger partial charge in [-0.15, -0.1) is 0 Å². The van der Waals surface area contributed by atoms with Crippen molar-refractivity contribution >= 4 is 11.9 Å². The van der Waals surface area contributed by atoms with Gasteiger partial charge in [0.05, 0.1) is 19.8 Å². The summed E-state index contributed by atoms with van der Waals surface area (Å²) in [5.41, 5.74) is 6.32. The van der Waals surface area contributed by atoms with Gasteiger partial charge in [0.25, 0.3) is 0 Å². The second kappa shape index (κ2) is 5.27. The van der Waals surface area contributed by atoms with E-state index in [0.29, 0.717) is 5.56 Å². The number of hydrogen-bond acceptors (Lipinski definition) is 5. The van der Waals surface area contributed by atoms with Crippen LogP contribution in [0.2, 0.25) is 0 Å². The number of carbonyl (C=O) groups excluding carboxylic acids is 2. The first kappa shape index (κ1) is 12.2. The summed E-state index contributed by atoms with van der Waals surface area (Å²) in [5.74, 6) is -1.13. The van der Waals surface area contributed by atoms with Gasteiger partial charge in [0.2, 0.25) is 0 Å². The maximum Gasteiger partial charge on any atom is 0.338 e. The summed E-state index contributed by atoms with van der Waals surface area (Å²) in [6, 6.07) is 5.50. The molecule has 0 aliphatic carbocycles. The first-order valence-corrected chi connectivity index (χ1v) is 4.62. The van der Waals surface area contributed by atoms with E-state index in [4.69, 9.17) is 5.73 Å². The van der Waals surface area contributed by atoms with Crippen LogP contribution in [0.1, 0.15) is 22.0 Å². The number of methoxy groups -OCH3 is 2. The number of carbonyl (C=O) groups is 2. The van der Waals surface area contributed by atoms with E-state index in [2.05, 4.69) is 9.47 Å². The molecule has 0 aromatic heterocycles. The predicted octanol–water partition coefficient (Wildman–Crippen LogP) is 0.646. The van der Waals surface area contributed by atoms with Gasteiger partial charge < -0.3 is 15.2 Å². The molecule has 0 heterocycles. The Balaban J connectivity index is 3.13. The van der Waals surface area contributed by atoms with Crippen molar-refractivity contribution in [3.8, 4) is 0 Å². The highest BCUT2D eigenvalue weighted by atomic mass is 16.5. The molecule has 1 rings (SSSR count). The monoisotopic (exact) mass is 223 g/mol. The van der Waals surface area contributed by atoms with Gasteiger partial charge in [-0.3, -0.25) is 4.79 Å². The molecule has 0 amide bonds. The fraction of sp³-hybridized carbons (Fsp3) is 0.273. The maximum atomic E-state index is 11.4. The summed E-state index contributed by atoms with van der Waals surface area (Å²) in [5, 5.41) is 0. The summed E-state index contributed by atoms with van der Waals surface area (Å²) in [6.07, 6.45) is 0. The lowest BCUT2D eigenvalue weighted by Gasteiger charge is -2.12. The van der Waals surface area contributed by atoms with Crippen LogP contribution in [0.25, 0.3) is 0 Å². The molecule has 16 heavy (non-hydrogen) atoms. The number of benzene rings is 1. The van der Waals surface area contributed by atoms with E-state index in [1.54, 1.807) is 24.3 Å². The van der Waals surface area contributed by atoms with Gasteiger partial charge in [-0.2, -0.15) is 0 Å². The van der Waals surface area contributed by atoms with Crippen molar-refractivity contribution in [2.75, 3.05) is 14.2 Å². The van der Waals surface area contributed by atoms with Gasteiger partial charge in [-0.1, -0.05) is 18.2 Å². The lowest BCUT2D eigenvalue weighted by atomic mass is 10.0. The Morgan fingerprint density at radius 3 is 2.38 bits per heavy atom.